The van der Waals surface area contributed by atoms with Crippen LogP contribution in [-0.4, -0.2) is 36.5 Å². The Bertz CT molecular complexity index is 775. The average Bonchev–Trinajstić information content (AvgIpc) is 2.91. The van der Waals surface area contributed by atoms with Gasteiger partial charge in [0.05, 0.1) is 12.5 Å². The summed E-state index contributed by atoms with van der Waals surface area (Å²) in [4.78, 5) is 26.3. The van der Waals surface area contributed by atoms with Gasteiger partial charge >= 0.3 is 5.97 Å². The predicted octanol–water partition coefficient (Wildman–Crippen LogP) is 3.92. The average molecular weight is 394 g/mol. The Kier molecular flexibility index (Phi) is 4.94. The zero-order valence-corrected chi connectivity index (χ0v) is 15.4. The maximum absolute atomic E-state index is 12.8. The van der Waals surface area contributed by atoms with Crippen LogP contribution in [0.1, 0.15) is 35.9 Å². The van der Waals surface area contributed by atoms with Crippen molar-refractivity contribution >= 4 is 38.8 Å². The summed E-state index contributed by atoms with van der Waals surface area (Å²) < 4.78 is 11.8. The van der Waals surface area contributed by atoms with Crippen LogP contribution in [0.2, 0.25) is 0 Å². The Morgan fingerprint density at radius 1 is 1.33 bits per heavy atom. The van der Waals surface area contributed by atoms with Gasteiger partial charge in [-0.1, -0.05) is 15.9 Å². The number of aryl methyl sites for hydroxylation is 1. The standard InChI is InChI=1S/C18H20BrNO4/c1-3-23-18(22)12-6-8-20(9-7-12)17(21)16-11(2)14-10-13(19)4-5-15(14)24-16/h4-5,10,12H,3,6-9H2,1-2H3. The van der Waals surface area contributed by atoms with Gasteiger partial charge in [0.1, 0.15) is 5.58 Å². The van der Waals surface area contributed by atoms with E-state index in [1.807, 2.05) is 25.1 Å². The molecule has 5 nitrogen and oxygen atoms in total. The van der Waals surface area contributed by atoms with Crippen molar-refractivity contribution in [2.45, 2.75) is 26.7 Å². The number of carbonyl (C=O) groups is 2. The summed E-state index contributed by atoms with van der Waals surface area (Å²) >= 11 is 3.44. The van der Waals surface area contributed by atoms with Crippen molar-refractivity contribution in [1.82, 2.24) is 4.90 Å². The first kappa shape index (κ1) is 17.0. The predicted molar refractivity (Wildman–Crippen MR) is 93.9 cm³/mol. The zero-order chi connectivity index (χ0) is 17.3. The SMILES string of the molecule is CCOC(=O)C1CCN(C(=O)c2oc3ccc(Br)cc3c2C)CC1. The number of benzene rings is 1. The molecule has 0 N–H and O–H groups in total. The molecule has 0 atom stereocenters. The van der Waals surface area contributed by atoms with E-state index in [0.717, 1.165) is 15.4 Å². The fourth-order valence-corrected chi connectivity index (χ4v) is 3.48. The molecule has 2 heterocycles. The number of esters is 1. The Morgan fingerprint density at radius 3 is 2.71 bits per heavy atom. The minimum atomic E-state index is -0.158. The number of halogens is 1. The molecule has 2 aromatic rings. The smallest absolute Gasteiger partial charge is 0.309 e. The van der Waals surface area contributed by atoms with Crippen molar-refractivity contribution in [2.24, 2.45) is 5.92 Å². The lowest BCUT2D eigenvalue weighted by molar-refractivity contribution is -0.149. The number of ether oxygens (including phenoxy) is 1. The highest BCUT2D eigenvalue weighted by molar-refractivity contribution is 9.10. The molecule has 1 aliphatic heterocycles. The first-order valence-electron chi connectivity index (χ1n) is 8.15. The number of furan rings is 1. The quantitative estimate of drug-likeness (QED) is 0.741. The Hall–Kier alpha value is -1.82. The molecule has 24 heavy (non-hydrogen) atoms. The van der Waals surface area contributed by atoms with Crippen LogP contribution in [0, 0.1) is 12.8 Å². The van der Waals surface area contributed by atoms with E-state index in [1.165, 1.54) is 0 Å². The van der Waals surface area contributed by atoms with Crippen LogP contribution in [0.15, 0.2) is 27.1 Å². The van der Waals surface area contributed by atoms with E-state index in [-0.39, 0.29) is 17.8 Å². The largest absolute Gasteiger partial charge is 0.466 e. The molecule has 0 unspecified atom stereocenters. The van der Waals surface area contributed by atoms with Crippen molar-refractivity contribution in [2.75, 3.05) is 19.7 Å². The van der Waals surface area contributed by atoms with Crippen molar-refractivity contribution in [3.8, 4) is 0 Å². The summed E-state index contributed by atoms with van der Waals surface area (Å²) in [6.45, 7) is 5.19. The first-order chi connectivity index (χ1) is 11.5. The van der Waals surface area contributed by atoms with Crippen molar-refractivity contribution < 1.29 is 18.7 Å². The topological polar surface area (TPSA) is 59.8 Å². The van der Waals surface area contributed by atoms with Crippen LogP contribution in [0.5, 0.6) is 0 Å². The number of hydrogen-bond acceptors (Lipinski definition) is 4. The minimum absolute atomic E-state index is 0.109. The summed E-state index contributed by atoms with van der Waals surface area (Å²) in [7, 11) is 0. The summed E-state index contributed by atoms with van der Waals surface area (Å²) in [5.74, 6) is 0.0101. The molecule has 0 bridgehead atoms. The third kappa shape index (κ3) is 3.20. The molecule has 1 aromatic heterocycles. The number of piperidine rings is 1. The molecule has 1 fully saturated rings. The van der Waals surface area contributed by atoms with Gasteiger partial charge in [-0.3, -0.25) is 9.59 Å². The number of fused-ring (bicyclic) bond motifs is 1. The molecule has 1 aromatic carbocycles. The number of hydrogen-bond donors (Lipinski definition) is 0. The van der Waals surface area contributed by atoms with E-state index in [0.29, 0.717) is 43.9 Å². The monoisotopic (exact) mass is 393 g/mol. The number of likely N-dealkylation sites (tertiary alicyclic amines) is 1. The highest BCUT2D eigenvalue weighted by atomic mass is 79.9. The van der Waals surface area contributed by atoms with Crippen molar-refractivity contribution in [1.29, 1.82) is 0 Å². The number of amides is 1. The van der Waals surface area contributed by atoms with Gasteiger partial charge < -0.3 is 14.1 Å². The van der Waals surface area contributed by atoms with Gasteiger partial charge in [0, 0.05) is 28.5 Å². The summed E-state index contributed by atoms with van der Waals surface area (Å²) in [6, 6.07) is 5.71. The molecule has 0 radical (unpaired) electrons. The second-order valence-corrected chi connectivity index (χ2v) is 6.93. The van der Waals surface area contributed by atoms with E-state index in [9.17, 15) is 9.59 Å². The second kappa shape index (κ2) is 6.97. The Labute approximate surface area is 149 Å². The van der Waals surface area contributed by atoms with Gasteiger partial charge in [-0.25, -0.2) is 0 Å². The molecular weight excluding hydrogens is 374 g/mol. The maximum Gasteiger partial charge on any atom is 0.309 e. The minimum Gasteiger partial charge on any atom is -0.466 e. The van der Waals surface area contributed by atoms with Gasteiger partial charge in [-0.05, 0) is 44.9 Å². The highest BCUT2D eigenvalue weighted by Gasteiger charge is 2.30. The molecule has 128 valence electrons. The highest BCUT2D eigenvalue weighted by Crippen LogP contribution is 2.30. The molecule has 3 rings (SSSR count). The van der Waals surface area contributed by atoms with E-state index in [1.54, 1.807) is 11.8 Å². The zero-order valence-electron chi connectivity index (χ0n) is 13.8. The van der Waals surface area contributed by atoms with Gasteiger partial charge in [0.2, 0.25) is 0 Å². The summed E-state index contributed by atoms with van der Waals surface area (Å²) in [5, 5.41) is 0.939. The third-order valence-electron chi connectivity index (χ3n) is 4.49. The van der Waals surface area contributed by atoms with Crippen molar-refractivity contribution in [3.05, 3.63) is 34.0 Å². The van der Waals surface area contributed by atoms with Gasteiger partial charge in [0.15, 0.2) is 5.76 Å². The number of nitrogens with zero attached hydrogens (tertiary/aromatic N) is 1. The van der Waals surface area contributed by atoms with Crippen molar-refractivity contribution in [3.63, 3.8) is 0 Å². The van der Waals surface area contributed by atoms with E-state index >= 15 is 0 Å². The Balaban J connectivity index is 1.74. The fourth-order valence-electron chi connectivity index (χ4n) is 3.12. The fraction of sp³-hybridized carbons (Fsp3) is 0.444. The number of rotatable bonds is 3. The van der Waals surface area contributed by atoms with Gasteiger partial charge in [-0.15, -0.1) is 0 Å². The molecule has 1 saturated heterocycles. The van der Waals surface area contributed by atoms with E-state index in [2.05, 4.69) is 15.9 Å². The lowest BCUT2D eigenvalue weighted by Gasteiger charge is -2.30. The molecule has 0 aliphatic carbocycles. The molecular formula is C18H20BrNO4. The van der Waals surface area contributed by atoms with Crippen LogP contribution >= 0.6 is 15.9 Å². The van der Waals surface area contributed by atoms with Crippen LogP contribution in [0.4, 0.5) is 0 Å². The summed E-state index contributed by atoms with van der Waals surface area (Å²) in [5.41, 5.74) is 1.56. The third-order valence-corrected chi connectivity index (χ3v) is 4.99. The van der Waals surface area contributed by atoms with Crippen LogP contribution in [0.25, 0.3) is 11.0 Å². The molecule has 1 amide bonds. The van der Waals surface area contributed by atoms with Gasteiger partial charge in [-0.2, -0.15) is 0 Å². The second-order valence-electron chi connectivity index (χ2n) is 6.02. The lowest BCUT2D eigenvalue weighted by atomic mass is 9.96. The molecule has 0 saturated carbocycles. The Morgan fingerprint density at radius 2 is 2.04 bits per heavy atom. The van der Waals surface area contributed by atoms with E-state index in [4.69, 9.17) is 9.15 Å². The van der Waals surface area contributed by atoms with Crippen LogP contribution in [0.3, 0.4) is 0 Å². The van der Waals surface area contributed by atoms with Gasteiger partial charge in [0.25, 0.3) is 5.91 Å². The van der Waals surface area contributed by atoms with Crippen LogP contribution in [-0.2, 0) is 9.53 Å². The van der Waals surface area contributed by atoms with Crippen LogP contribution < -0.4 is 0 Å². The lowest BCUT2D eigenvalue weighted by Crippen LogP contribution is -2.40. The molecule has 1 aliphatic rings. The molecule has 0 spiro atoms. The maximum atomic E-state index is 12.8. The van der Waals surface area contributed by atoms with E-state index < -0.39 is 0 Å². The molecule has 6 heteroatoms. The normalized spacial score (nSPS) is 15.7. The number of carbonyl (C=O) groups excluding carboxylic acids is 2. The first-order valence-corrected chi connectivity index (χ1v) is 8.95. The summed E-state index contributed by atoms with van der Waals surface area (Å²) in [6.07, 6.45) is 1.27.